The van der Waals surface area contributed by atoms with E-state index in [1.807, 2.05) is 31.2 Å². The molecule has 0 aliphatic rings. The molecule has 0 spiro atoms. The molecule has 0 unspecified atom stereocenters. The topological polar surface area (TPSA) is 52.3 Å². The number of nitrogens with two attached hydrogens (primary N) is 1. The Balaban J connectivity index is 2.56. The fourth-order valence-electron chi connectivity index (χ4n) is 1.33. The predicted molar refractivity (Wildman–Crippen MR) is 66.4 cm³/mol. The van der Waals surface area contributed by atoms with Crippen molar-refractivity contribution in [2.45, 2.75) is 24.3 Å². The number of benzene rings is 1. The van der Waals surface area contributed by atoms with Crippen molar-refractivity contribution >= 4 is 17.7 Å². The lowest BCUT2D eigenvalue weighted by atomic mass is 10.1. The number of esters is 1. The molecule has 4 heteroatoms. The minimum absolute atomic E-state index is 0.0156. The molecule has 1 rings (SSSR count). The zero-order chi connectivity index (χ0) is 12.0. The van der Waals surface area contributed by atoms with Gasteiger partial charge in [-0.25, -0.2) is 0 Å². The Labute approximate surface area is 100 Å². The second-order valence-corrected chi connectivity index (χ2v) is 4.64. The third kappa shape index (κ3) is 3.87. The Bertz CT molecular complexity index is 353. The smallest absolute Gasteiger partial charge is 0.306 e. The summed E-state index contributed by atoms with van der Waals surface area (Å²) in [5.74, 6) is 0.543. The molecule has 0 saturated heterocycles. The molecule has 1 aromatic rings. The van der Waals surface area contributed by atoms with Crippen LogP contribution in [-0.4, -0.2) is 18.8 Å². The fraction of sp³-hybridized carbons (Fsp3) is 0.417. The van der Waals surface area contributed by atoms with Gasteiger partial charge in [-0.2, -0.15) is 0 Å². The van der Waals surface area contributed by atoms with Crippen LogP contribution in [0, 0.1) is 0 Å². The van der Waals surface area contributed by atoms with Gasteiger partial charge in [-0.1, -0.05) is 18.2 Å². The van der Waals surface area contributed by atoms with Gasteiger partial charge in [0.15, 0.2) is 0 Å². The summed E-state index contributed by atoms with van der Waals surface area (Å²) in [6.45, 7) is 1.96. The number of carbonyl (C=O) groups is 1. The molecule has 0 fully saturated rings. The Morgan fingerprint density at radius 2 is 2.19 bits per heavy atom. The van der Waals surface area contributed by atoms with Crippen LogP contribution < -0.4 is 5.73 Å². The van der Waals surface area contributed by atoms with Crippen LogP contribution in [-0.2, 0) is 9.53 Å². The average molecular weight is 239 g/mol. The number of hydrogen-bond donors (Lipinski definition) is 1. The predicted octanol–water partition coefficient (Wildman–Crippen LogP) is 2.36. The molecule has 0 aliphatic heterocycles. The van der Waals surface area contributed by atoms with Gasteiger partial charge >= 0.3 is 5.97 Å². The van der Waals surface area contributed by atoms with E-state index in [1.165, 1.54) is 7.11 Å². The van der Waals surface area contributed by atoms with Crippen LogP contribution in [0.4, 0.5) is 0 Å². The van der Waals surface area contributed by atoms with Crippen molar-refractivity contribution in [3.63, 3.8) is 0 Å². The maximum Gasteiger partial charge on any atom is 0.306 e. The molecule has 2 N–H and O–H groups in total. The van der Waals surface area contributed by atoms with Gasteiger partial charge in [0.05, 0.1) is 13.5 Å². The highest BCUT2D eigenvalue weighted by atomic mass is 32.2. The molecular weight excluding hydrogens is 222 g/mol. The molecule has 0 amide bonds. The van der Waals surface area contributed by atoms with Crippen LogP contribution in [0.15, 0.2) is 29.2 Å². The summed E-state index contributed by atoms with van der Waals surface area (Å²) < 4.78 is 4.59. The summed E-state index contributed by atoms with van der Waals surface area (Å²) in [4.78, 5) is 12.1. The van der Waals surface area contributed by atoms with Crippen LogP contribution in [0.25, 0.3) is 0 Å². The lowest BCUT2D eigenvalue weighted by molar-refractivity contribution is -0.140. The van der Waals surface area contributed by atoms with Crippen LogP contribution in [0.2, 0.25) is 0 Å². The second kappa shape index (κ2) is 6.55. The summed E-state index contributed by atoms with van der Waals surface area (Å²) >= 11 is 1.64. The molecule has 0 radical (unpaired) electrons. The summed E-state index contributed by atoms with van der Waals surface area (Å²) in [7, 11) is 1.41. The highest BCUT2D eigenvalue weighted by molar-refractivity contribution is 7.99. The minimum atomic E-state index is -0.175. The largest absolute Gasteiger partial charge is 0.469 e. The first kappa shape index (κ1) is 13.1. The third-order valence-electron chi connectivity index (χ3n) is 2.20. The van der Waals surface area contributed by atoms with Crippen LogP contribution >= 0.6 is 11.8 Å². The number of methoxy groups -OCH3 is 1. The van der Waals surface area contributed by atoms with Crippen LogP contribution in [0.1, 0.15) is 24.9 Å². The van der Waals surface area contributed by atoms with Gasteiger partial charge in [-0.15, -0.1) is 11.8 Å². The molecule has 0 bridgehead atoms. The van der Waals surface area contributed by atoms with Gasteiger partial charge in [0.1, 0.15) is 0 Å². The molecule has 0 saturated carbocycles. The number of ether oxygens (including phenoxy) is 1. The minimum Gasteiger partial charge on any atom is -0.469 e. The maximum atomic E-state index is 11.0. The molecule has 0 aliphatic carbocycles. The first-order valence-corrected chi connectivity index (χ1v) is 6.18. The molecule has 1 aromatic carbocycles. The third-order valence-corrected chi connectivity index (χ3v) is 3.29. The van der Waals surface area contributed by atoms with Gasteiger partial charge < -0.3 is 10.5 Å². The van der Waals surface area contributed by atoms with Crippen molar-refractivity contribution in [3.05, 3.63) is 29.8 Å². The molecule has 3 nitrogen and oxygen atoms in total. The van der Waals surface area contributed by atoms with E-state index in [4.69, 9.17) is 5.73 Å². The Morgan fingerprint density at radius 1 is 1.50 bits per heavy atom. The standard InChI is InChI=1S/C12H17NO2S/c1-9(13)10-5-3-4-6-11(10)16-8-7-12(14)15-2/h3-6,9H,7-8,13H2,1-2H3/t9-/m0/s1. The second-order valence-electron chi connectivity index (χ2n) is 3.50. The van der Waals surface area contributed by atoms with Gasteiger partial charge in [-0.3, -0.25) is 4.79 Å². The van der Waals surface area contributed by atoms with E-state index in [-0.39, 0.29) is 12.0 Å². The molecule has 88 valence electrons. The summed E-state index contributed by atoms with van der Waals surface area (Å²) in [6, 6.07) is 8.02. The van der Waals surface area contributed by atoms with E-state index in [2.05, 4.69) is 4.74 Å². The van der Waals surface area contributed by atoms with Crippen LogP contribution in [0.5, 0.6) is 0 Å². The maximum absolute atomic E-state index is 11.0. The van der Waals surface area contributed by atoms with E-state index in [0.717, 1.165) is 16.2 Å². The van der Waals surface area contributed by atoms with Gasteiger partial charge in [-0.05, 0) is 18.6 Å². The summed E-state index contributed by atoms with van der Waals surface area (Å²) in [6.07, 6.45) is 0.425. The van der Waals surface area contributed by atoms with E-state index < -0.39 is 0 Å². The quantitative estimate of drug-likeness (QED) is 0.633. The van der Waals surface area contributed by atoms with E-state index in [1.54, 1.807) is 11.8 Å². The molecule has 1 atom stereocenters. The average Bonchev–Trinajstić information content (AvgIpc) is 2.29. The van der Waals surface area contributed by atoms with Crippen molar-refractivity contribution in [2.75, 3.05) is 12.9 Å². The molecular formula is C12H17NO2S. The normalized spacial score (nSPS) is 12.2. The van der Waals surface area contributed by atoms with Crippen molar-refractivity contribution < 1.29 is 9.53 Å². The first-order chi connectivity index (χ1) is 7.65. The molecule has 0 heterocycles. The SMILES string of the molecule is COC(=O)CCSc1ccccc1[C@H](C)N. The van der Waals surface area contributed by atoms with E-state index in [0.29, 0.717) is 6.42 Å². The van der Waals surface area contributed by atoms with E-state index >= 15 is 0 Å². The Hall–Kier alpha value is -1.00. The van der Waals surface area contributed by atoms with Crippen molar-refractivity contribution in [2.24, 2.45) is 5.73 Å². The van der Waals surface area contributed by atoms with E-state index in [9.17, 15) is 4.79 Å². The monoisotopic (exact) mass is 239 g/mol. The van der Waals surface area contributed by atoms with Gasteiger partial charge in [0.2, 0.25) is 0 Å². The lowest BCUT2D eigenvalue weighted by Crippen LogP contribution is -2.06. The number of carbonyl (C=O) groups excluding carboxylic acids is 1. The Morgan fingerprint density at radius 3 is 2.81 bits per heavy atom. The van der Waals surface area contributed by atoms with Crippen molar-refractivity contribution in [1.82, 2.24) is 0 Å². The van der Waals surface area contributed by atoms with Crippen molar-refractivity contribution in [1.29, 1.82) is 0 Å². The van der Waals surface area contributed by atoms with Crippen molar-refractivity contribution in [3.8, 4) is 0 Å². The zero-order valence-corrected chi connectivity index (χ0v) is 10.4. The number of rotatable bonds is 5. The lowest BCUT2D eigenvalue weighted by Gasteiger charge is -2.11. The first-order valence-electron chi connectivity index (χ1n) is 5.19. The fourth-order valence-corrected chi connectivity index (χ4v) is 2.42. The highest BCUT2D eigenvalue weighted by Gasteiger charge is 2.07. The molecule has 16 heavy (non-hydrogen) atoms. The summed E-state index contributed by atoms with van der Waals surface area (Å²) in [5, 5.41) is 0. The molecule has 0 aromatic heterocycles. The zero-order valence-electron chi connectivity index (χ0n) is 9.60. The van der Waals surface area contributed by atoms with Crippen LogP contribution in [0.3, 0.4) is 0 Å². The highest BCUT2D eigenvalue weighted by Crippen LogP contribution is 2.26. The van der Waals surface area contributed by atoms with Gasteiger partial charge in [0.25, 0.3) is 0 Å². The number of hydrogen-bond acceptors (Lipinski definition) is 4. The van der Waals surface area contributed by atoms with Gasteiger partial charge in [0, 0.05) is 16.7 Å². The Kier molecular flexibility index (Phi) is 5.35. The number of thioether (sulfide) groups is 1. The summed E-state index contributed by atoms with van der Waals surface area (Å²) in [5.41, 5.74) is 6.99.